The first-order valence-corrected chi connectivity index (χ1v) is 20.3. The van der Waals surface area contributed by atoms with Crippen LogP contribution in [0.3, 0.4) is 0 Å². The second-order valence-electron chi connectivity index (χ2n) is 17.4. The van der Waals surface area contributed by atoms with Gasteiger partial charge in [0, 0.05) is 86.7 Å². The van der Waals surface area contributed by atoms with Crippen LogP contribution in [0.4, 0.5) is 5.69 Å². The van der Waals surface area contributed by atoms with Crippen molar-refractivity contribution in [3.05, 3.63) is 58.0 Å². The molecule has 4 aliphatic rings. The summed E-state index contributed by atoms with van der Waals surface area (Å²) in [7, 11) is 1.47. The van der Waals surface area contributed by atoms with Gasteiger partial charge in [-0.2, -0.15) is 0 Å². The maximum Gasteiger partial charge on any atom is 0.312 e. The Morgan fingerprint density at radius 1 is 0.931 bits per heavy atom. The third-order valence-electron chi connectivity index (χ3n) is 12.7. The number of aromatic hydroxyl groups is 2. The minimum Gasteiger partial charge on any atom is -0.507 e. The van der Waals surface area contributed by atoms with Crippen molar-refractivity contribution in [3.8, 4) is 17.2 Å². The summed E-state index contributed by atoms with van der Waals surface area (Å²) in [5, 5.41) is 61.5. The molecule has 6 N–H and O–H groups in total. The number of hydrogen-bond acceptors (Lipinski definition) is 13. The zero-order valence-electron chi connectivity index (χ0n) is 35.2. The summed E-state index contributed by atoms with van der Waals surface area (Å²) in [5.74, 6) is -5.83. The molecule has 0 unspecified atom stereocenters. The zero-order chi connectivity index (χ0) is 42.6. The number of aliphatic hydroxyl groups excluding tert-OH is 3. The number of Topliss-reactive ketones (excluding diaryl/α,β-unsaturated/α-hetero) is 1. The summed E-state index contributed by atoms with van der Waals surface area (Å²) < 4.78 is 18.0. The van der Waals surface area contributed by atoms with Gasteiger partial charge in [0.2, 0.25) is 0 Å². The number of likely N-dealkylation sites (tertiary alicyclic amines) is 1. The number of phenols is 2. The molecule has 1 amide bonds. The number of allylic oxidation sites excluding steroid dienone is 2. The van der Waals surface area contributed by atoms with Crippen LogP contribution in [0.5, 0.6) is 17.2 Å². The number of anilines is 1. The number of methoxy groups -OCH3 is 1. The van der Waals surface area contributed by atoms with Crippen LogP contribution in [0.25, 0.3) is 10.8 Å². The van der Waals surface area contributed by atoms with E-state index >= 15 is 0 Å². The van der Waals surface area contributed by atoms with Gasteiger partial charge in [0.1, 0.15) is 27.9 Å². The van der Waals surface area contributed by atoms with Gasteiger partial charge in [0.25, 0.3) is 11.7 Å². The molecule has 58 heavy (non-hydrogen) atoms. The van der Waals surface area contributed by atoms with E-state index in [1.807, 2.05) is 0 Å². The summed E-state index contributed by atoms with van der Waals surface area (Å²) >= 11 is 0. The maximum atomic E-state index is 14.6. The molecular formula is C44H60N4O10. The highest BCUT2D eigenvalue weighted by Gasteiger charge is 2.50. The highest BCUT2D eigenvalue weighted by atomic mass is 16.7. The summed E-state index contributed by atoms with van der Waals surface area (Å²) in [6, 6.07) is 0. The molecule has 2 aromatic carbocycles. The van der Waals surface area contributed by atoms with Crippen molar-refractivity contribution in [3.63, 3.8) is 0 Å². The fraction of sp³-hybridized carbons (Fsp3) is 0.591. The van der Waals surface area contributed by atoms with E-state index in [-0.39, 0.29) is 49.7 Å². The number of amides is 1. The van der Waals surface area contributed by atoms with Crippen molar-refractivity contribution in [1.82, 2.24) is 4.90 Å². The number of piperidine rings is 1. The molecule has 1 spiro atoms. The van der Waals surface area contributed by atoms with E-state index in [9.17, 15) is 35.1 Å². The highest BCUT2D eigenvalue weighted by Crippen LogP contribution is 2.51. The minimum absolute atomic E-state index is 0.0682. The Hall–Kier alpha value is -4.34. The van der Waals surface area contributed by atoms with Gasteiger partial charge in [-0.15, -0.1) is 0 Å². The Labute approximate surface area is 339 Å². The monoisotopic (exact) mass is 804 g/mol. The molecule has 6 rings (SSSR count). The Bertz CT molecular complexity index is 2170. The predicted molar refractivity (Wildman–Crippen MR) is 218 cm³/mol. The first-order valence-electron chi connectivity index (χ1n) is 20.3. The van der Waals surface area contributed by atoms with Crippen LogP contribution in [0, 0.1) is 36.5 Å². The van der Waals surface area contributed by atoms with Gasteiger partial charge in [-0.25, -0.2) is 4.99 Å². The van der Waals surface area contributed by atoms with E-state index in [0.717, 1.165) is 19.6 Å². The third kappa shape index (κ3) is 7.65. The first kappa shape index (κ1) is 43.2. The number of nitrogens with zero attached hydrogens (tertiary/aromatic N) is 3. The molecule has 1 fully saturated rings. The number of phenolic OH excluding ortho intramolecular Hbond substituents is 2. The molecule has 0 aliphatic carbocycles. The van der Waals surface area contributed by atoms with Crippen LogP contribution >= 0.6 is 0 Å². The van der Waals surface area contributed by atoms with Crippen molar-refractivity contribution in [2.24, 2.45) is 39.6 Å². The molecular weight excluding hydrogens is 745 g/mol. The molecule has 4 bridgehead atoms. The lowest BCUT2D eigenvalue weighted by Crippen LogP contribution is -2.47. The van der Waals surface area contributed by atoms with Crippen molar-refractivity contribution >= 4 is 28.2 Å². The molecule has 4 aliphatic heterocycles. The lowest BCUT2D eigenvalue weighted by Gasteiger charge is -2.38. The van der Waals surface area contributed by atoms with Gasteiger partial charge < -0.3 is 50.0 Å². The predicted octanol–water partition coefficient (Wildman–Crippen LogP) is 4.18. The number of carbonyl (C=O) groups is 2. The SMILES string of the molecule is CO[C@H]1/C=C/O[C@@]2(C)Oc3c(C)c(O)c4c(O)c(c5c(c4c3C2=O)NC2(CCN(CC(C)C)CC2)N=5)=NC(=O)/C(C)=C/C=C/[C@H](C)[C@H](O)[C@@H](C)[C@@H](O)[C@@H](C)[C@H](O)[C@@H]1C. The Morgan fingerprint density at radius 2 is 1.57 bits per heavy atom. The average molecular weight is 805 g/mol. The summed E-state index contributed by atoms with van der Waals surface area (Å²) in [5.41, 5.74) is -0.0451. The number of nitrogens with one attached hydrogen (secondary N) is 1. The molecule has 9 atom stereocenters. The van der Waals surface area contributed by atoms with Gasteiger partial charge >= 0.3 is 5.79 Å². The van der Waals surface area contributed by atoms with E-state index in [2.05, 4.69) is 29.1 Å². The molecule has 14 heteroatoms. The lowest BCUT2D eigenvalue weighted by atomic mass is 9.78. The first-order chi connectivity index (χ1) is 27.3. The Morgan fingerprint density at radius 3 is 2.21 bits per heavy atom. The van der Waals surface area contributed by atoms with Gasteiger partial charge in [-0.05, 0) is 25.8 Å². The van der Waals surface area contributed by atoms with Gasteiger partial charge in [0.05, 0.1) is 47.3 Å². The largest absolute Gasteiger partial charge is 0.507 e. The molecule has 0 radical (unpaired) electrons. The molecule has 2 aromatic rings. The van der Waals surface area contributed by atoms with E-state index in [4.69, 9.17) is 19.2 Å². The molecule has 0 aromatic heterocycles. The third-order valence-corrected chi connectivity index (χ3v) is 12.7. The number of fused-ring (bicyclic) bond motifs is 1. The molecule has 1 saturated heterocycles. The van der Waals surface area contributed by atoms with Gasteiger partial charge in [-0.1, -0.05) is 59.8 Å². The van der Waals surface area contributed by atoms with E-state index < -0.39 is 77.0 Å². The normalized spacial score (nSPS) is 33.9. The maximum absolute atomic E-state index is 14.6. The summed E-state index contributed by atoms with van der Waals surface area (Å²) in [4.78, 5) is 40.3. The fourth-order valence-electron chi connectivity index (χ4n) is 8.85. The van der Waals surface area contributed by atoms with Gasteiger partial charge in [0.15, 0.2) is 5.75 Å². The molecule has 14 nitrogen and oxygen atoms in total. The topological polar surface area (TPSA) is 203 Å². The van der Waals surface area contributed by atoms with Gasteiger partial charge in [-0.3, -0.25) is 14.6 Å². The van der Waals surface area contributed by atoms with E-state index in [1.165, 1.54) is 20.3 Å². The molecule has 4 heterocycles. The number of rotatable bonds is 3. The van der Waals surface area contributed by atoms with Crippen LogP contribution in [0.1, 0.15) is 84.2 Å². The van der Waals surface area contributed by atoms with E-state index in [1.54, 1.807) is 65.8 Å². The second kappa shape index (κ2) is 16.4. The Kier molecular flexibility index (Phi) is 12.2. The van der Waals surface area contributed by atoms with Crippen LogP contribution in [0.2, 0.25) is 0 Å². The number of carbonyl (C=O) groups excluding carboxylic acids is 2. The van der Waals surface area contributed by atoms with Crippen LogP contribution in [-0.4, -0.2) is 105 Å². The van der Waals surface area contributed by atoms with Crippen LogP contribution < -0.4 is 20.8 Å². The Balaban J connectivity index is 1.55. The van der Waals surface area contributed by atoms with Crippen molar-refractivity contribution in [2.75, 3.05) is 32.1 Å². The fourth-order valence-corrected chi connectivity index (χ4v) is 8.85. The highest BCUT2D eigenvalue weighted by molar-refractivity contribution is 6.21. The second-order valence-corrected chi connectivity index (χ2v) is 17.4. The number of aliphatic hydroxyl groups is 3. The van der Waals surface area contributed by atoms with Crippen molar-refractivity contribution < 1.29 is 49.3 Å². The number of ether oxygens (including phenoxy) is 3. The smallest absolute Gasteiger partial charge is 0.312 e. The number of benzene rings is 2. The quantitative estimate of drug-likeness (QED) is 0.242. The minimum atomic E-state index is -1.92. The molecule has 316 valence electrons. The standard InChI is InChI=1S/C44H60N4O10/c1-21(2)20-48-17-15-44(16-18-48)46-32-29-30-38(52)27(8)40-31(29)41(54)43(9,58-40)57-19-14-28(56-10)24(5)36(50)26(7)37(51)25(6)35(49)22(3)12-11-13-23(4)42(55)45-34(39(30)53)33(32)47-44/h11-14,19,21-22,24-26,28,35-37,46,49-53H,15-18,20H2,1-10H3/b12-11+,19-14+,23-13+,45-34?/t22-,24+,25+,26-,28-,35-,36+,37+,43-/m0/s1. The number of hydrogen-bond donors (Lipinski definition) is 6. The number of ketones is 1. The van der Waals surface area contributed by atoms with Crippen molar-refractivity contribution in [1.29, 1.82) is 0 Å². The zero-order valence-corrected chi connectivity index (χ0v) is 35.2. The van der Waals surface area contributed by atoms with Crippen LogP contribution in [-0.2, 0) is 14.3 Å². The van der Waals surface area contributed by atoms with E-state index in [0.29, 0.717) is 24.4 Å². The van der Waals surface area contributed by atoms with Crippen LogP contribution in [0.15, 0.2) is 46.1 Å². The van der Waals surface area contributed by atoms with Crippen molar-refractivity contribution in [2.45, 2.75) is 111 Å². The lowest BCUT2D eigenvalue weighted by molar-refractivity contribution is -0.114. The molecule has 0 saturated carbocycles. The average Bonchev–Trinajstić information content (AvgIpc) is 3.69. The summed E-state index contributed by atoms with van der Waals surface area (Å²) in [6.45, 7) is 18.3. The summed E-state index contributed by atoms with van der Waals surface area (Å²) in [6.07, 6.45) is 5.02.